The van der Waals surface area contributed by atoms with Crippen molar-refractivity contribution in [2.75, 3.05) is 33.2 Å². The van der Waals surface area contributed by atoms with Crippen LogP contribution in [0.5, 0.6) is 0 Å². The number of carbonyl (C=O) groups excluding carboxylic acids is 2. The number of amides is 2. The van der Waals surface area contributed by atoms with Crippen LogP contribution in [0.2, 0.25) is 0 Å². The van der Waals surface area contributed by atoms with Crippen molar-refractivity contribution in [2.45, 2.75) is 32.2 Å². The van der Waals surface area contributed by atoms with Gasteiger partial charge in [0.15, 0.2) is 0 Å². The summed E-state index contributed by atoms with van der Waals surface area (Å²) >= 11 is 0. The van der Waals surface area contributed by atoms with E-state index in [4.69, 9.17) is 0 Å². The van der Waals surface area contributed by atoms with Gasteiger partial charge in [0.05, 0.1) is 12.5 Å². The van der Waals surface area contributed by atoms with Crippen molar-refractivity contribution in [3.8, 4) is 0 Å². The number of imide groups is 1. The van der Waals surface area contributed by atoms with E-state index < -0.39 is 0 Å². The summed E-state index contributed by atoms with van der Waals surface area (Å²) in [6.45, 7) is 6.36. The average molecular weight is 253 g/mol. The van der Waals surface area contributed by atoms with Gasteiger partial charge in [0.1, 0.15) is 0 Å². The van der Waals surface area contributed by atoms with Crippen molar-refractivity contribution >= 4 is 11.8 Å². The summed E-state index contributed by atoms with van der Waals surface area (Å²) in [7, 11) is 1.55. The van der Waals surface area contributed by atoms with Gasteiger partial charge >= 0.3 is 0 Å². The normalized spacial score (nSPS) is 27.2. The Labute approximate surface area is 108 Å². The molecule has 5 nitrogen and oxygen atoms in total. The summed E-state index contributed by atoms with van der Waals surface area (Å²) in [6.07, 6.45) is 2.85. The summed E-state index contributed by atoms with van der Waals surface area (Å²) in [5.41, 5.74) is 0. The molecule has 0 spiro atoms. The zero-order chi connectivity index (χ0) is 13.1. The molecule has 0 aliphatic carbocycles. The fourth-order valence-electron chi connectivity index (χ4n) is 2.60. The van der Waals surface area contributed by atoms with Crippen LogP contribution in [0.1, 0.15) is 26.2 Å². The van der Waals surface area contributed by atoms with Crippen molar-refractivity contribution in [3.05, 3.63) is 0 Å². The quantitative estimate of drug-likeness (QED) is 0.720. The molecule has 18 heavy (non-hydrogen) atoms. The molecule has 0 saturated carbocycles. The Morgan fingerprint density at radius 1 is 1.28 bits per heavy atom. The Morgan fingerprint density at radius 3 is 2.50 bits per heavy atom. The van der Waals surface area contributed by atoms with Crippen LogP contribution in [0.4, 0.5) is 0 Å². The molecule has 2 heterocycles. The number of likely N-dealkylation sites (N-methyl/N-ethyl adjacent to an activating group) is 1. The molecular weight excluding hydrogens is 230 g/mol. The van der Waals surface area contributed by atoms with Crippen molar-refractivity contribution in [1.29, 1.82) is 0 Å². The highest BCUT2D eigenvalue weighted by Crippen LogP contribution is 2.15. The van der Waals surface area contributed by atoms with Crippen molar-refractivity contribution in [3.63, 3.8) is 0 Å². The number of rotatable bonds is 4. The smallest absolute Gasteiger partial charge is 0.246 e. The zero-order valence-corrected chi connectivity index (χ0v) is 11.3. The van der Waals surface area contributed by atoms with Gasteiger partial charge in [-0.1, -0.05) is 6.92 Å². The van der Waals surface area contributed by atoms with Gasteiger partial charge < -0.3 is 10.2 Å². The maximum Gasteiger partial charge on any atom is 0.246 e. The maximum absolute atomic E-state index is 11.7. The first kappa shape index (κ1) is 13.5. The van der Waals surface area contributed by atoms with Gasteiger partial charge in [-0.05, 0) is 31.8 Å². The highest BCUT2D eigenvalue weighted by molar-refractivity contribution is 6.05. The first-order chi connectivity index (χ1) is 8.58. The fraction of sp³-hybridized carbons (Fsp3) is 0.846. The number of likely N-dealkylation sites (tertiary alicyclic amines) is 2. The van der Waals surface area contributed by atoms with E-state index in [9.17, 15) is 9.59 Å². The molecule has 0 bridgehead atoms. The number of hydrogen-bond acceptors (Lipinski definition) is 4. The van der Waals surface area contributed by atoms with Crippen LogP contribution in [0.25, 0.3) is 0 Å². The van der Waals surface area contributed by atoms with Crippen LogP contribution in [0.15, 0.2) is 0 Å². The topological polar surface area (TPSA) is 52.7 Å². The highest BCUT2D eigenvalue weighted by atomic mass is 16.2. The fourth-order valence-corrected chi connectivity index (χ4v) is 2.60. The molecule has 102 valence electrons. The molecule has 1 N–H and O–H groups in total. The Kier molecular flexibility index (Phi) is 4.35. The van der Waals surface area contributed by atoms with Gasteiger partial charge in [0.25, 0.3) is 0 Å². The number of nitrogens with zero attached hydrogens (tertiary/aromatic N) is 2. The first-order valence-corrected chi connectivity index (χ1v) is 6.84. The molecule has 2 aliphatic heterocycles. The first-order valence-electron chi connectivity index (χ1n) is 6.84. The second-order valence-corrected chi connectivity index (χ2v) is 5.53. The molecule has 2 rings (SSSR count). The summed E-state index contributed by atoms with van der Waals surface area (Å²) in [5, 5.41) is 3.20. The third kappa shape index (κ3) is 3.09. The van der Waals surface area contributed by atoms with Gasteiger partial charge in [0.2, 0.25) is 11.8 Å². The summed E-state index contributed by atoms with van der Waals surface area (Å²) in [6, 6.07) is -0.300. The molecule has 1 unspecified atom stereocenters. The molecule has 2 saturated heterocycles. The monoisotopic (exact) mass is 253 g/mol. The SMILES string of the molecule is CC1CCN(CCNC2CC(=O)N(C)C2=O)CC1. The lowest BCUT2D eigenvalue weighted by atomic mass is 9.99. The molecule has 2 fully saturated rings. The zero-order valence-electron chi connectivity index (χ0n) is 11.3. The van der Waals surface area contributed by atoms with Crippen LogP contribution < -0.4 is 5.32 Å². The van der Waals surface area contributed by atoms with E-state index in [1.54, 1.807) is 7.05 Å². The Morgan fingerprint density at radius 2 is 1.94 bits per heavy atom. The minimum atomic E-state index is -0.300. The lowest BCUT2D eigenvalue weighted by molar-refractivity contribution is -0.137. The highest BCUT2D eigenvalue weighted by Gasteiger charge is 2.35. The molecular formula is C13H23N3O2. The summed E-state index contributed by atoms with van der Waals surface area (Å²) in [5.74, 6) is 0.674. The van der Waals surface area contributed by atoms with Crippen LogP contribution >= 0.6 is 0 Å². The predicted octanol–water partition coefficient (Wildman–Crippen LogP) is 0.0652. The van der Waals surface area contributed by atoms with Crippen LogP contribution in [0, 0.1) is 5.92 Å². The number of hydrogen-bond donors (Lipinski definition) is 1. The van der Waals surface area contributed by atoms with Gasteiger partial charge in [-0.15, -0.1) is 0 Å². The Hall–Kier alpha value is -0.940. The third-order valence-electron chi connectivity index (χ3n) is 4.08. The third-order valence-corrected chi connectivity index (χ3v) is 4.08. The molecule has 2 amide bonds. The minimum Gasteiger partial charge on any atom is -0.304 e. The lowest BCUT2D eigenvalue weighted by Crippen LogP contribution is -2.43. The van der Waals surface area contributed by atoms with Gasteiger partial charge in [-0.2, -0.15) is 0 Å². The molecule has 5 heteroatoms. The molecule has 0 aromatic heterocycles. The lowest BCUT2D eigenvalue weighted by Gasteiger charge is -2.30. The van der Waals surface area contributed by atoms with E-state index in [0.717, 1.165) is 32.1 Å². The Balaban J connectivity index is 1.67. The minimum absolute atomic E-state index is 0.0794. The number of carbonyl (C=O) groups is 2. The van der Waals surface area contributed by atoms with Crippen LogP contribution in [0.3, 0.4) is 0 Å². The van der Waals surface area contributed by atoms with E-state index in [1.165, 1.54) is 17.7 Å². The average Bonchev–Trinajstić information content (AvgIpc) is 2.60. The number of piperidine rings is 1. The molecule has 2 aliphatic rings. The molecule has 0 aromatic rings. The maximum atomic E-state index is 11.7. The largest absolute Gasteiger partial charge is 0.304 e. The van der Waals surface area contributed by atoms with E-state index in [0.29, 0.717) is 6.42 Å². The van der Waals surface area contributed by atoms with Gasteiger partial charge in [-0.25, -0.2) is 0 Å². The second-order valence-electron chi connectivity index (χ2n) is 5.53. The van der Waals surface area contributed by atoms with Gasteiger partial charge in [0, 0.05) is 20.1 Å². The molecule has 0 aromatic carbocycles. The second kappa shape index (κ2) is 5.80. The van der Waals surface area contributed by atoms with E-state index >= 15 is 0 Å². The number of nitrogens with one attached hydrogen (secondary N) is 1. The van der Waals surface area contributed by atoms with Crippen LogP contribution in [-0.2, 0) is 9.59 Å². The Bertz CT molecular complexity index is 324. The molecule has 0 radical (unpaired) electrons. The van der Waals surface area contributed by atoms with Crippen molar-refractivity contribution in [2.24, 2.45) is 5.92 Å². The molecule has 1 atom stereocenters. The van der Waals surface area contributed by atoms with Crippen molar-refractivity contribution < 1.29 is 9.59 Å². The summed E-state index contributed by atoms with van der Waals surface area (Å²) in [4.78, 5) is 26.7. The van der Waals surface area contributed by atoms with E-state index in [-0.39, 0.29) is 17.9 Å². The van der Waals surface area contributed by atoms with Gasteiger partial charge in [-0.3, -0.25) is 14.5 Å². The van der Waals surface area contributed by atoms with Crippen LogP contribution in [-0.4, -0.2) is 60.9 Å². The summed E-state index contributed by atoms with van der Waals surface area (Å²) < 4.78 is 0. The van der Waals surface area contributed by atoms with E-state index in [1.807, 2.05) is 0 Å². The van der Waals surface area contributed by atoms with Crippen molar-refractivity contribution in [1.82, 2.24) is 15.1 Å². The predicted molar refractivity (Wildman–Crippen MR) is 69.0 cm³/mol. The standard InChI is InChI=1S/C13H23N3O2/c1-10-3-6-16(7-4-10)8-5-14-11-9-12(17)15(2)13(11)18/h10-11,14H,3-9H2,1-2H3. The van der Waals surface area contributed by atoms with E-state index in [2.05, 4.69) is 17.1 Å².